The molecule has 10 nitrogen and oxygen atoms in total. The van der Waals surface area contributed by atoms with E-state index in [2.05, 4.69) is 0 Å². The van der Waals surface area contributed by atoms with Crippen LogP contribution < -0.4 is 5.43 Å². The van der Waals surface area contributed by atoms with Crippen LogP contribution in [0.15, 0.2) is 45.6 Å². The number of benzene rings is 2. The molecule has 0 spiro atoms. The molecule has 3 aromatic rings. The molecular weight excluding hydrogens is 578 g/mol. The molecule has 45 heavy (non-hydrogen) atoms. The lowest BCUT2D eigenvalue weighted by Crippen LogP contribution is -2.61. The SMILES string of the molecule is C/C=C\C1OC1(C)c1cc(=O)c2c(C)cc3c(c2o1)C(=O)c1c(ccc([C@H]2C[C@](C)(N(C)C)[C@H](OC(C)=O)[C@H](C)O2)c1O)C3=O. The summed E-state index contributed by atoms with van der Waals surface area (Å²) in [5, 5.41) is 11.9. The van der Waals surface area contributed by atoms with E-state index in [1.54, 1.807) is 26.8 Å². The first-order valence-electron chi connectivity index (χ1n) is 15.0. The van der Waals surface area contributed by atoms with E-state index in [-0.39, 0.29) is 56.3 Å². The van der Waals surface area contributed by atoms with Crippen molar-refractivity contribution in [3.8, 4) is 5.75 Å². The molecule has 3 heterocycles. The summed E-state index contributed by atoms with van der Waals surface area (Å²) in [4.78, 5) is 55.5. The number of phenolic OH excluding ortho intramolecular Hbond substituents is 1. The Labute approximate surface area is 260 Å². The second kappa shape index (κ2) is 10.5. The molecule has 6 atom stereocenters. The van der Waals surface area contributed by atoms with Gasteiger partial charge in [0.15, 0.2) is 16.8 Å². The average Bonchev–Trinajstić information content (AvgIpc) is 3.63. The van der Waals surface area contributed by atoms with Crippen molar-refractivity contribution >= 4 is 28.5 Å². The molecule has 2 unspecified atom stereocenters. The maximum absolute atomic E-state index is 14.3. The highest BCUT2D eigenvalue weighted by atomic mass is 16.6. The number of rotatable bonds is 5. The topological polar surface area (TPSA) is 136 Å². The zero-order chi connectivity index (χ0) is 32.7. The molecule has 3 aliphatic rings. The van der Waals surface area contributed by atoms with Crippen LogP contribution in [0.3, 0.4) is 0 Å². The van der Waals surface area contributed by atoms with Gasteiger partial charge in [-0.15, -0.1) is 0 Å². The third kappa shape index (κ3) is 4.57. The fourth-order valence-electron chi connectivity index (χ4n) is 6.95. The summed E-state index contributed by atoms with van der Waals surface area (Å²) in [5.74, 6) is -1.66. The lowest BCUT2D eigenvalue weighted by atomic mass is 9.77. The van der Waals surface area contributed by atoms with Crippen molar-refractivity contribution in [1.82, 2.24) is 4.90 Å². The molecule has 1 aliphatic carbocycles. The van der Waals surface area contributed by atoms with E-state index in [0.717, 1.165) is 0 Å². The van der Waals surface area contributed by atoms with E-state index in [4.69, 9.17) is 18.6 Å². The van der Waals surface area contributed by atoms with Gasteiger partial charge in [-0.2, -0.15) is 0 Å². The molecule has 236 valence electrons. The monoisotopic (exact) mass is 615 g/mol. The van der Waals surface area contributed by atoms with Gasteiger partial charge in [0.2, 0.25) is 5.78 Å². The van der Waals surface area contributed by atoms with E-state index in [1.807, 2.05) is 45.0 Å². The lowest BCUT2D eigenvalue weighted by molar-refractivity contribution is -0.201. The summed E-state index contributed by atoms with van der Waals surface area (Å²) in [7, 11) is 3.75. The Morgan fingerprint density at radius 2 is 1.80 bits per heavy atom. The van der Waals surface area contributed by atoms with E-state index in [9.17, 15) is 24.3 Å². The van der Waals surface area contributed by atoms with Gasteiger partial charge in [-0.3, -0.25) is 19.2 Å². The van der Waals surface area contributed by atoms with Crippen LogP contribution in [0, 0.1) is 6.92 Å². The van der Waals surface area contributed by atoms with Crippen LogP contribution in [-0.4, -0.2) is 65.5 Å². The van der Waals surface area contributed by atoms with Crippen molar-refractivity contribution in [2.45, 2.75) is 83.5 Å². The quantitative estimate of drug-likeness (QED) is 0.188. The molecule has 0 bridgehead atoms. The number of carbonyl (C=O) groups excluding carboxylic acids is 3. The Hall–Kier alpha value is -4.12. The number of esters is 1. The Bertz CT molecular complexity index is 1890. The van der Waals surface area contributed by atoms with Gasteiger partial charge in [-0.05, 0) is 72.8 Å². The van der Waals surface area contributed by atoms with Crippen LogP contribution in [0.25, 0.3) is 11.0 Å². The normalized spacial score (nSPS) is 29.3. The van der Waals surface area contributed by atoms with E-state index in [1.165, 1.54) is 25.1 Å². The largest absolute Gasteiger partial charge is 0.507 e. The van der Waals surface area contributed by atoms with Crippen molar-refractivity contribution in [2.75, 3.05) is 14.1 Å². The molecule has 2 aliphatic heterocycles. The van der Waals surface area contributed by atoms with E-state index < -0.39 is 47.0 Å². The summed E-state index contributed by atoms with van der Waals surface area (Å²) in [6, 6.07) is 6.03. The second-order valence-corrected chi connectivity index (χ2v) is 12.9. The minimum absolute atomic E-state index is 0.01000. The predicted molar refractivity (Wildman–Crippen MR) is 165 cm³/mol. The van der Waals surface area contributed by atoms with Crippen molar-refractivity contribution in [2.24, 2.45) is 0 Å². The van der Waals surface area contributed by atoms with Crippen LogP contribution in [0.2, 0.25) is 0 Å². The number of nitrogens with zero attached hydrogens (tertiary/aromatic N) is 1. The number of hydrogen-bond acceptors (Lipinski definition) is 10. The summed E-state index contributed by atoms with van der Waals surface area (Å²) >= 11 is 0. The number of ketones is 2. The Morgan fingerprint density at radius 1 is 1.09 bits per heavy atom. The van der Waals surface area contributed by atoms with Gasteiger partial charge >= 0.3 is 5.97 Å². The van der Waals surface area contributed by atoms with E-state index >= 15 is 0 Å². The number of allylic oxidation sites excluding steroid dienone is 1. The Morgan fingerprint density at radius 3 is 2.44 bits per heavy atom. The number of phenols is 1. The molecule has 1 aromatic heterocycles. The molecule has 2 saturated heterocycles. The van der Waals surface area contributed by atoms with Gasteiger partial charge in [-0.1, -0.05) is 18.2 Å². The lowest BCUT2D eigenvalue weighted by Gasteiger charge is -2.50. The predicted octanol–water partition coefficient (Wildman–Crippen LogP) is 4.87. The summed E-state index contributed by atoms with van der Waals surface area (Å²) < 4.78 is 24.0. The molecule has 0 saturated carbocycles. The zero-order valence-corrected chi connectivity index (χ0v) is 26.6. The highest BCUT2D eigenvalue weighted by Gasteiger charge is 2.55. The summed E-state index contributed by atoms with van der Waals surface area (Å²) in [5.41, 5.74) is -1.22. The standard InChI is InChI=1S/C35H37NO9/c1-9-10-24-35(6,45-24)25-14-22(38)26-16(2)13-21-28(32(26)44-25)31(41)27-20(29(21)39)12-11-19(30(27)40)23-15-34(5,36(7)8)33(17(3)42-23)43-18(4)37/h9-14,17,23-24,33,40H,15H2,1-8H3/b10-9-/t17-,23+,24?,33+,34-,35?/m0/s1. The van der Waals surface area contributed by atoms with Gasteiger partial charge in [0, 0.05) is 29.7 Å². The number of epoxide rings is 1. The number of carbonyl (C=O) groups is 3. The summed E-state index contributed by atoms with van der Waals surface area (Å²) in [6.45, 7) is 10.4. The number of ether oxygens (including phenoxy) is 3. The first-order chi connectivity index (χ1) is 21.1. The third-order valence-corrected chi connectivity index (χ3v) is 9.74. The van der Waals surface area contributed by atoms with Gasteiger partial charge in [0.1, 0.15) is 29.3 Å². The first kappa shape index (κ1) is 30.9. The van der Waals surface area contributed by atoms with Crippen molar-refractivity contribution in [3.63, 3.8) is 0 Å². The number of aromatic hydroxyl groups is 1. The van der Waals surface area contributed by atoms with Gasteiger partial charge in [-0.25, -0.2) is 0 Å². The number of likely N-dealkylation sites (N-methyl/N-ethyl adjacent to an activating group) is 1. The molecule has 1 N–H and O–H groups in total. The molecular formula is C35H37NO9. The number of fused-ring (bicyclic) bond motifs is 4. The molecule has 6 rings (SSSR count). The second-order valence-electron chi connectivity index (χ2n) is 12.9. The highest BCUT2D eigenvalue weighted by Crippen LogP contribution is 2.49. The molecule has 2 aromatic carbocycles. The maximum atomic E-state index is 14.3. The van der Waals surface area contributed by atoms with Crippen molar-refractivity contribution in [1.29, 1.82) is 0 Å². The van der Waals surface area contributed by atoms with Crippen LogP contribution in [0.1, 0.15) is 95.9 Å². The fourth-order valence-corrected chi connectivity index (χ4v) is 6.95. The molecule has 0 amide bonds. The number of aryl methyl sites for hydroxylation is 1. The molecule has 2 fully saturated rings. The minimum atomic E-state index is -0.899. The smallest absolute Gasteiger partial charge is 0.303 e. The van der Waals surface area contributed by atoms with Gasteiger partial charge < -0.3 is 28.6 Å². The molecule has 10 heteroatoms. The Balaban J connectivity index is 1.48. The van der Waals surface area contributed by atoms with E-state index in [0.29, 0.717) is 17.5 Å². The van der Waals surface area contributed by atoms with Crippen LogP contribution in [0.5, 0.6) is 5.75 Å². The summed E-state index contributed by atoms with van der Waals surface area (Å²) in [6.07, 6.45) is 1.88. The fraction of sp³-hybridized carbons (Fsp3) is 0.429. The van der Waals surface area contributed by atoms with Gasteiger partial charge in [0.25, 0.3) is 0 Å². The molecule has 0 radical (unpaired) electrons. The third-order valence-electron chi connectivity index (χ3n) is 9.74. The van der Waals surface area contributed by atoms with Crippen LogP contribution >= 0.6 is 0 Å². The highest BCUT2D eigenvalue weighted by molar-refractivity contribution is 6.32. The maximum Gasteiger partial charge on any atom is 0.303 e. The average molecular weight is 616 g/mol. The van der Waals surface area contributed by atoms with Crippen LogP contribution in [-0.2, 0) is 24.6 Å². The van der Waals surface area contributed by atoms with Crippen molar-refractivity contribution in [3.05, 3.63) is 85.8 Å². The van der Waals surface area contributed by atoms with Gasteiger partial charge in [0.05, 0.1) is 34.3 Å². The Kier molecular flexibility index (Phi) is 7.19. The minimum Gasteiger partial charge on any atom is -0.507 e. The van der Waals surface area contributed by atoms with Crippen molar-refractivity contribution < 1.29 is 38.1 Å². The number of hydrogen-bond donors (Lipinski definition) is 1. The first-order valence-corrected chi connectivity index (χ1v) is 15.0. The van der Waals surface area contributed by atoms with Crippen LogP contribution in [0.4, 0.5) is 0 Å². The zero-order valence-electron chi connectivity index (χ0n) is 26.6.